The molecule has 0 saturated heterocycles. The molecule has 1 aromatic heterocycles. The van der Waals surface area contributed by atoms with Crippen molar-refractivity contribution in [2.45, 2.75) is 18.2 Å². The molecule has 1 heterocycles. The second kappa shape index (κ2) is 9.81. The fourth-order valence-corrected chi connectivity index (χ4v) is 4.11. The van der Waals surface area contributed by atoms with Gasteiger partial charge in [0.15, 0.2) is 22.9 Å². The molecule has 0 aliphatic carbocycles. The molecule has 1 atom stereocenters. The Morgan fingerprint density at radius 2 is 1.61 bits per heavy atom. The van der Waals surface area contributed by atoms with Crippen LogP contribution in [0.25, 0.3) is 5.69 Å². The molecule has 0 spiro atoms. The quantitative estimate of drug-likeness (QED) is 0.242. The molecular weight excluding hydrogens is 430 g/mol. The van der Waals surface area contributed by atoms with E-state index >= 15 is 0 Å². The van der Waals surface area contributed by atoms with Gasteiger partial charge in [-0.25, -0.2) is 0 Å². The van der Waals surface area contributed by atoms with Crippen molar-refractivity contribution in [3.05, 3.63) is 101 Å². The molecule has 0 aliphatic rings. The highest BCUT2D eigenvalue weighted by molar-refractivity contribution is 7.99. The van der Waals surface area contributed by atoms with Crippen LogP contribution in [0, 0.1) is 0 Å². The van der Waals surface area contributed by atoms with Crippen LogP contribution in [0.5, 0.6) is 5.75 Å². The van der Waals surface area contributed by atoms with Crippen LogP contribution in [0.2, 0.25) is 5.02 Å². The molecule has 0 amide bonds. The molecule has 0 saturated carbocycles. The summed E-state index contributed by atoms with van der Waals surface area (Å²) in [6.07, 6.45) is -0.410. The third-order valence-corrected chi connectivity index (χ3v) is 5.85. The third-order valence-electron chi connectivity index (χ3n) is 4.60. The number of para-hydroxylation sites is 2. The van der Waals surface area contributed by atoms with Crippen LogP contribution in [0.1, 0.15) is 29.2 Å². The van der Waals surface area contributed by atoms with Gasteiger partial charge in [0.25, 0.3) is 0 Å². The van der Waals surface area contributed by atoms with E-state index < -0.39 is 6.10 Å². The summed E-state index contributed by atoms with van der Waals surface area (Å²) >= 11 is 7.60. The van der Waals surface area contributed by atoms with Crippen LogP contribution in [0.15, 0.2) is 90.1 Å². The summed E-state index contributed by atoms with van der Waals surface area (Å²) in [5, 5.41) is 9.89. The van der Waals surface area contributed by atoms with Crippen LogP contribution in [0.3, 0.4) is 0 Å². The first-order chi connectivity index (χ1) is 15.1. The molecule has 4 rings (SSSR count). The predicted octanol–water partition coefficient (Wildman–Crippen LogP) is 6.04. The van der Waals surface area contributed by atoms with E-state index in [1.165, 1.54) is 11.8 Å². The average molecular weight is 450 g/mol. The Morgan fingerprint density at radius 3 is 2.32 bits per heavy atom. The molecule has 1 unspecified atom stereocenters. The minimum absolute atomic E-state index is 0.0372. The van der Waals surface area contributed by atoms with Gasteiger partial charge < -0.3 is 4.74 Å². The van der Waals surface area contributed by atoms with Gasteiger partial charge in [-0.05, 0) is 31.2 Å². The van der Waals surface area contributed by atoms with E-state index in [0.29, 0.717) is 27.3 Å². The number of Topliss-reactive ketones (excluding diaryl/α,β-unsaturated/α-hetero) is 1. The van der Waals surface area contributed by atoms with Gasteiger partial charge in [0.05, 0.1) is 10.8 Å². The van der Waals surface area contributed by atoms with Crippen molar-refractivity contribution in [3.63, 3.8) is 0 Å². The van der Waals surface area contributed by atoms with Gasteiger partial charge in [-0.15, -0.1) is 10.2 Å². The number of aromatic nitrogens is 3. The molecule has 7 heteroatoms. The maximum atomic E-state index is 12.6. The lowest BCUT2D eigenvalue weighted by atomic mass is 10.2. The first-order valence-electron chi connectivity index (χ1n) is 9.76. The topological polar surface area (TPSA) is 57.0 Å². The van der Waals surface area contributed by atoms with E-state index in [-0.39, 0.29) is 11.5 Å². The minimum atomic E-state index is -0.410. The molecule has 0 fully saturated rings. The molecular formula is C24H20ClN3O2S. The monoisotopic (exact) mass is 449 g/mol. The summed E-state index contributed by atoms with van der Waals surface area (Å²) in [4.78, 5) is 12.6. The maximum Gasteiger partial charge on any atom is 0.196 e. The number of nitrogens with zero attached hydrogens (tertiary/aromatic N) is 3. The van der Waals surface area contributed by atoms with Gasteiger partial charge in [-0.3, -0.25) is 9.36 Å². The Morgan fingerprint density at radius 1 is 0.968 bits per heavy atom. The fourth-order valence-electron chi connectivity index (χ4n) is 3.08. The highest BCUT2D eigenvalue weighted by atomic mass is 35.5. The number of ketones is 1. The normalized spacial score (nSPS) is 11.8. The largest absolute Gasteiger partial charge is 0.481 e. The van der Waals surface area contributed by atoms with Crippen LogP contribution in [-0.4, -0.2) is 26.3 Å². The third kappa shape index (κ3) is 4.98. The number of carbonyl (C=O) groups is 1. The van der Waals surface area contributed by atoms with Gasteiger partial charge in [-0.1, -0.05) is 84.0 Å². The molecule has 0 N–H and O–H groups in total. The average Bonchev–Trinajstić information content (AvgIpc) is 3.24. The van der Waals surface area contributed by atoms with Crippen LogP contribution in [0.4, 0.5) is 0 Å². The maximum absolute atomic E-state index is 12.6. The van der Waals surface area contributed by atoms with E-state index in [1.54, 1.807) is 6.07 Å². The Balaban J connectivity index is 1.61. The summed E-state index contributed by atoms with van der Waals surface area (Å²) in [6.45, 7) is 1.90. The van der Waals surface area contributed by atoms with Crippen molar-refractivity contribution in [1.29, 1.82) is 0 Å². The summed E-state index contributed by atoms with van der Waals surface area (Å²) in [5.41, 5.74) is 1.57. The summed E-state index contributed by atoms with van der Waals surface area (Å²) in [7, 11) is 0. The predicted molar refractivity (Wildman–Crippen MR) is 123 cm³/mol. The van der Waals surface area contributed by atoms with Crippen LogP contribution in [-0.2, 0) is 0 Å². The van der Waals surface area contributed by atoms with Crippen LogP contribution < -0.4 is 4.74 Å². The molecule has 0 aliphatic heterocycles. The van der Waals surface area contributed by atoms with Crippen LogP contribution >= 0.6 is 23.4 Å². The number of halogens is 1. The Kier molecular flexibility index (Phi) is 6.70. The number of carbonyl (C=O) groups excluding carboxylic acids is 1. The van der Waals surface area contributed by atoms with Crippen molar-refractivity contribution >= 4 is 29.1 Å². The number of hydrogen-bond acceptors (Lipinski definition) is 5. The second-order valence-corrected chi connectivity index (χ2v) is 8.13. The van der Waals surface area contributed by atoms with E-state index in [9.17, 15) is 4.79 Å². The van der Waals surface area contributed by atoms with Gasteiger partial charge in [0, 0.05) is 11.3 Å². The molecule has 4 aromatic rings. The van der Waals surface area contributed by atoms with Crippen molar-refractivity contribution < 1.29 is 9.53 Å². The van der Waals surface area contributed by atoms with Crippen molar-refractivity contribution in [2.24, 2.45) is 0 Å². The Labute approximate surface area is 190 Å². The highest BCUT2D eigenvalue weighted by Crippen LogP contribution is 2.31. The molecule has 156 valence electrons. The van der Waals surface area contributed by atoms with Gasteiger partial charge in [0.2, 0.25) is 0 Å². The molecule has 0 radical (unpaired) electrons. The first-order valence-corrected chi connectivity index (χ1v) is 11.1. The van der Waals surface area contributed by atoms with E-state index in [4.69, 9.17) is 16.3 Å². The molecule has 0 bridgehead atoms. The number of rotatable bonds is 8. The number of hydrogen-bond donors (Lipinski definition) is 0. The van der Waals surface area contributed by atoms with E-state index in [2.05, 4.69) is 10.2 Å². The lowest BCUT2D eigenvalue weighted by molar-refractivity contribution is 0.102. The SMILES string of the molecule is CC(Oc1ccccc1Cl)c1nnc(SCC(=O)c2ccccc2)n1-c1ccccc1. The Bertz CT molecular complexity index is 1170. The van der Waals surface area contributed by atoms with Crippen molar-refractivity contribution in [1.82, 2.24) is 14.8 Å². The van der Waals surface area contributed by atoms with E-state index in [1.807, 2.05) is 90.4 Å². The van der Waals surface area contributed by atoms with Gasteiger partial charge in [-0.2, -0.15) is 0 Å². The molecule has 3 aromatic carbocycles. The first kappa shape index (κ1) is 21.2. The minimum Gasteiger partial charge on any atom is -0.481 e. The van der Waals surface area contributed by atoms with Crippen molar-refractivity contribution in [2.75, 3.05) is 5.75 Å². The molecule has 5 nitrogen and oxygen atoms in total. The number of thioether (sulfide) groups is 1. The standard InChI is InChI=1S/C24H20ClN3O2S/c1-17(30-22-15-9-8-14-20(22)25)23-26-27-24(28(23)19-12-6-3-7-13-19)31-16-21(29)18-10-4-2-5-11-18/h2-15,17H,16H2,1H3. The van der Waals surface area contributed by atoms with Gasteiger partial charge >= 0.3 is 0 Å². The second-order valence-electron chi connectivity index (χ2n) is 6.78. The lowest BCUT2D eigenvalue weighted by Crippen LogP contribution is -2.12. The summed E-state index contributed by atoms with van der Waals surface area (Å²) in [5.74, 6) is 1.50. The molecule has 31 heavy (non-hydrogen) atoms. The lowest BCUT2D eigenvalue weighted by Gasteiger charge is -2.17. The zero-order valence-corrected chi connectivity index (χ0v) is 18.4. The Hall–Kier alpha value is -3.09. The highest BCUT2D eigenvalue weighted by Gasteiger charge is 2.22. The zero-order chi connectivity index (χ0) is 21.6. The fraction of sp³-hybridized carbons (Fsp3) is 0.125. The number of benzene rings is 3. The van der Waals surface area contributed by atoms with E-state index in [0.717, 1.165) is 5.69 Å². The summed E-state index contributed by atoms with van der Waals surface area (Å²) < 4.78 is 7.99. The smallest absolute Gasteiger partial charge is 0.196 e. The number of ether oxygens (including phenoxy) is 1. The summed E-state index contributed by atoms with van der Waals surface area (Å²) in [6, 6.07) is 26.3. The zero-order valence-electron chi connectivity index (χ0n) is 16.8. The van der Waals surface area contributed by atoms with Crippen molar-refractivity contribution in [3.8, 4) is 11.4 Å². The van der Waals surface area contributed by atoms with Gasteiger partial charge in [0.1, 0.15) is 5.75 Å².